The second kappa shape index (κ2) is 6.79. The zero-order valence-electron chi connectivity index (χ0n) is 11.6. The summed E-state index contributed by atoms with van der Waals surface area (Å²) >= 11 is 0. The molecule has 0 spiro atoms. The summed E-state index contributed by atoms with van der Waals surface area (Å²) in [5.41, 5.74) is 1.41. The van der Waals surface area contributed by atoms with Crippen LogP contribution in [0.5, 0.6) is 5.75 Å². The molecule has 1 fully saturated rings. The Bertz CT molecular complexity index is 343. The van der Waals surface area contributed by atoms with Crippen molar-refractivity contribution in [3.05, 3.63) is 29.8 Å². The molecule has 1 saturated carbocycles. The molecule has 0 saturated heterocycles. The van der Waals surface area contributed by atoms with Crippen molar-refractivity contribution in [2.24, 2.45) is 5.92 Å². The van der Waals surface area contributed by atoms with Gasteiger partial charge in [0.2, 0.25) is 0 Å². The van der Waals surface area contributed by atoms with Crippen molar-refractivity contribution in [2.45, 2.75) is 45.6 Å². The van der Waals surface area contributed by atoms with Gasteiger partial charge in [-0.2, -0.15) is 0 Å². The lowest BCUT2D eigenvalue weighted by Gasteiger charge is -2.34. The van der Waals surface area contributed by atoms with Crippen molar-refractivity contribution in [2.75, 3.05) is 13.2 Å². The van der Waals surface area contributed by atoms with Crippen LogP contribution in [0, 0.1) is 5.92 Å². The van der Waals surface area contributed by atoms with Gasteiger partial charge in [-0.05, 0) is 49.4 Å². The minimum atomic E-state index is 0.531. The molecule has 2 nitrogen and oxygen atoms in total. The van der Waals surface area contributed by atoms with E-state index in [9.17, 15) is 0 Å². The standard InChI is InChI=1S/C16H25NO/c1-3-12-18-15-10-8-14(9-11-15)16(17-4-2)13-6-5-7-13/h8-11,13,16-17H,3-7,12H2,1-2H3. The van der Waals surface area contributed by atoms with Crippen LogP contribution >= 0.6 is 0 Å². The number of hydrogen-bond acceptors (Lipinski definition) is 2. The number of hydrogen-bond donors (Lipinski definition) is 1. The van der Waals surface area contributed by atoms with E-state index < -0.39 is 0 Å². The number of nitrogens with one attached hydrogen (secondary N) is 1. The first-order valence-corrected chi connectivity index (χ1v) is 7.31. The van der Waals surface area contributed by atoms with Gasteiger partial charge in [0.05, 0.1) is 6.61 Å². The maximum atomic E-state index is 5.63. The van der Waals surface area contributed by atoms with Gasteiger partial charge < -0.3 is 10.1 Å². The molecule has 100 valence electrons. The number of ether oxygens (including phenoxy) is 1. The molecule has 1 aromatic rings. The Labute approximate surface area is 111 Å². The average molecular weight is 247 g/mol. The van der Waals surface area contributed by atoms with Gasteiger partial charge in [-0.3, -0.25) is 0 Å². The van der Waals surface area contributed by atoms with E-state index in [4.69, 9.17) is 4.74 Å². The van der Waals surface area contributed by atoms with E-state index in [2.05, 4.69) is 43.4 Å². The predicted octanol–water partition coefficient (Wildman–Crippen LogP) is 3.93. The van der Waals surface area contributed by atoms with Crippen molar-refractivity contribution in [1.29, 1.82) is 0 Å². The monoisotopic (exact) mass is 247 g/mol. The van der Waals surface area contributed by atoms with Gasteiger partial charge in [0.15, 0.2) is 0 Å². The van der Waals surface area contributed by atoms with Crippen molar-refractivity contribution >= 4 is 0 Å². The smallest absolute Gasteiger partial charge is 0.119 e. The minimum Gasteiger partial charge on any atom is -0.494 e. The Balaban J connectivity index is 2.00. The van der Waals surface area contributed by atoms with E-state index in [1.165, 1.54) is 24.8 Å². The highest BCUT2D eigenvalue weighted by molar-refractivity contribution is 5.29. The molecule has 0 bridgehead atoms. The molecule has 1 N–H and O–H groups in total. The van der Waals surface area contributed by atoms with E-state index in [0.717, 1.165) is 31.2 Å². The van der Waals surface area contributed by atoms with Crippen LogP contribution in [-0.4, -0.2) is 13.2 Å². The summed E-state index contributed by atoms with van der Waals surface area (Å²) in [6, 6.07) is 9.18. The highest BCUT2D eigenvalue weighted by Gasteiger charge is 2.27. The first kappa shape index (κ1) is 13.4. The first-order chi connectivity index (χ1) is 8.85. The molecule has 1 aliphatic rings. The van der Waals surface area contributed by atoms with Crippen LogP contribution in [0.1, 0.15) is 51.1 Å². The van der Waals surface area contributed by atoms with Crippen LogP contribution in [-0.2, 0) is 0 Å². The summed E-state index contributed by atoms with van der Waals surface area (Å²) in [5.74, 6) is 1.82. The van der Waals surface area contributed by atoms with Crippen molar-refractivity contribution in [3.63, 3.8) is 0 Å². The van der Waals surface area contributed by atoms with Crippen LogP contribution in [0.15, 0.2) is 24.3 Å². The zero-order valence-corrected chi connectivity index (χ0v) is 11.6. The summed E-state index contributed by atoms with van der Waals surface area (Å²) in [6.45, 7) is 6.16. The van der Waals surface area contributed by atoms with Crippen molar-refractivity contribution in [3.8, 4) is 5.75 Å². The lowest BCUT2D eigenvalue weighted by molar-refractivity contribution is 0.233. The van der Waals surface area contributed by atoms with E-state index in [-0.39, 0.29) is 0 Å². The van der Waals surface area contributed by atoms with Gasteiger partial charge in [-0.1, -0.05) is 32.4 Å². The van der Waals surface area contributed by atoms with E-state index in [0.29, 0.717) is 6.04 Å². The largest absolute Gasteiger partial charge is 0.494 e. The Morgan fingerprint density at radius 2 is 1.94 bits per heavy atom. The fraction of sp³-hybridized carbons (Fsp3) is 0.625. The number of benzene rings is 1. The molecule has 1 unspecified atom stereocenters. The topological polar surface area (TPSA) is 21.3 Å². The van der Waals surface area contributed by atoms with Gasteiger partial charge in [-0.15, -0.1) is 0 Å². The maximum Gasteiger partial charge on any atom is 0.119 e. The van der Waals surface area contributed by atoms with Gasteiger partial charge in [0.25, 0.3) is 0 Å². The molecular formula is C16H25NO. The van der Waals surface area contributed by atoms with Crippen molar-refractivity contribution < 1.29 is 4.74 Å². The maximum absolute atomic E-state index is 5.63. The third-order valence-electron chi connectivity index (χ3n) is 3.76. The van der Waals surface area contributed by atoms with Crippen LogP contribution in [0.2, 0.25) is 0 Å². The van der Waals surface area contributed by atoms with E-state index in [1.54, 1.807) is 0 Å². The SMILES string of the molecule is CCCOc1ccc(C(NCC)C2CCC2)cc1. The highest BCUT2D eigenvalue weighted by atomic mass is 16.5. The molecule has 2 rings (SSSR count). The molecular weight excluding hydrogens is 222 g/mol. The van der Waals surface area contributed by atoms with Gasteiger partial charge in [0, 0.05) is 6.04 Å². The highest BCUT2D eigenvalue weighted by Crippen LogP contribution is 2.37. The second-order valence-corrected chi connectivity index (χ2v) is 5.14. The van der Waals surface area contributed by atoms with Gasteiger partial charge in [0.1, 0.15) is 5.75 Å². The fourth-order valence-corrected chi connectivity index (χ4v) is 2.54. The van der Waals surface area contributed by atoms with E-state index >= 15 is 0 Å². The predicted molar refractivity (Wildman–Crippen MR) is 76.0 cm³/mol. The Morgan fingerprint density at radius 1 is 1.22 bits per heavy atom. The fourth-order valence-electron chi connectivity index (χ4n) is 2.54. The summed E-state index contributed by atoms with van der Waals surface area (Å²) in [7, 11) is 0. The average Bonchev–Trinajstić information content (AvgIpc) is 2.34. The summed E-state index contributed by atoms with van der Waals surface area (Å²) in [5, 5.41) is 3.62. The minimum absolute atomic E-state index is 0.531. The molecule has 0 radical (unpaired) electrons. The summed E-state index contributed by atoms with van der Waals surface area (Å²) in [4.78, 5) is 0. The first-order valence-electron chi connectivity index (χ1n) is 7.31. The zero-order chi connectivity index (χ0) is 12.8. The third-order valence-corrected chi connectivity index (χ3v) is 3.76. The van der Waals surface area contributed by atoms with Crippen LogP contribution in [0.25, 0.3) is 0 Å². The molecule has 0 heterocycles. The Morgan fingerprint density at radius 3 is 2.44 bits per heavy atom. The van der Waals surface area contributed by atoms with Gasteiger partial charge >= 0.3 is 0 Å². The second-order valence-electron chi connectivity index (χ2n) is 5.14. The molecule has 0 aliphatic heterocycles. The van der Waals surface area contributed by atoms with Crippen molar-refractivity contribution in [1.82, 2.24) is 5.32 Å². The van der Waals surface area contributed by atoms with E-state index in [1.807, 2.05) is 0 Å². The van der Waals surface area contributed by atoms with Crippen LogP contribution in [0.3, 0.4) is 0 Å². The lowest BCUT2D eigenvalue weighted by Crippen LogP contribution is -2.32. The molecule has 1 atom stereocenters. The lowest BCUT2D eigenvalue weighted by atomic mass is 9.77. The normalized spacial score (nSPS) is 17.2. The quantitative estimate of drug-likeness (QED) is 0.788. The van der Waals surface area contributed by atoms with Crippen LogP contribution in [0.4, 0.5) is 0 Å². The third kappa shape index (κ3) is 3.26. The molecule has 0 aromatic heterocycles. The summed E-state index contributed by atoms with van der Waals surface area (Å²) in [6.07, 6.45) is 5.19. The Hall–Kier alpha value is -1.02. The van der Waals surface area contributed by atoms with Crippen LogP contribution < -0.4 is 10.1 Å². The van der Waals surface area contributed by atoms with Gasteiger partial charge in [-0.25, -0.2) is 0 Å². The number of rotatable bonds is 7. The Kier molecular flexibility index (Phi) is 5.06. The molecule has 1 aliphatic carbocycles. The molecule has 2 heteroatoms. The molecule has 1 aromatic carbocycles. The molecule has 18 heavy (non-hydrogen) atoms. The summed E-state index contributed by atoms with van der Waals surface area (Å²) < 4.78 is 5.63. The molecule has 0 amide bonds.